The van der Waals surface area contributed by atoms with Gasteiger partial charge in [-0.1, -0.05) is 40.0 Å². The summed E-state index contributed by atoms with van der Waals surface area (Å²) in [6.45, 7) is 6.47. The van der Waals surface area contributed by atoms with Crippen molar-refractivity contribution in [3.8, 4) is 0 Å². The van der Waals surface area contributed by atoms with Gasteiger partial charge in [0, 0.05) is 24.2 Å². The lowest BCUT2D eigenvalue weighted by atomic mass is 9.75. The Morgan fingerprint density at radius 3 is 2.45 bits per heavy atom. The number of hydrogen-bond acceptors (Lipinski definition) is 4. The molecule has 0 saturated heterocycles. The molecule has 1 aromatic rings. The van der Waals surface area contributed by atoms with Gasteiger partial charge in [-0.3, -0.25) is 19.2 Å². The fourth-order valence-electron chi connectivity index (χ4n) is 4.45. The number of aromatic nitrogens is 1. The van der Waals surface area contributed by atoms with Crippen LogP contribution in [0.1, 0.15) is 92.1 Å². The molecular weight excluding hydrogens is 370 g/mol. The summed E-state index contributed by atoms with van der Waals surface area (Å²) in [6.07, 6.45) is 5.54. The van der Waals surface area contributed by atoms with E-state index in [0.717, 1.165) is 25.7 Å². The van der Waals surface area contributed by atoms with Crippen LogP contribution in [-0.2, 0) is 11.2 Å². The molecule has 7 nitrogen and oxygen atoms in total. The number of aromatic amines is 1. The molecule has 2 amide bonds. The SMILES string of the molecule is CCCNC(=O)C1(NC(=O)c2cc3c([nH]c2=O)CC(C)(C)CC3=O)CCCCC1. The van der Waals surface area contributed by atoms with E-state index in [9.17, 15) is 19.2 Å². The van der Waals surface area contributed by atoms with Crippen LogP contribution in [0.2, 0.25) is 0 Å². The molecule has 1 saturated carbocycles. The Morgan fingerprint density at radius 2 is 1.79 bits per heavy atom. The van der Waals surface area contributed by atoms with E-state index in [0.29, 0.717) is 43.5 Å². The largest absolute Gasteiger partial charge is 0.354 e. The first-order chi connectivity index (χ1) is 13.7. The van der Waals surface area contributed by atoms with E-state index in [4.69, 9.17) is 0 Å². The molecule has 1 aromatic heterocycles. The Hall–Kier alpha value is -2.44. The van der Waals surface area contributed by atoms with E-state index in [1.54, 1.807) is 0 Å². The van der Waals surface area contributed by atoms with Gasteiger partial charge >= 0.3 is 0 Å². The molecule has 0 unspecified atom stereocenters. The molecule has 3 N–H and O–H groups in total. The highest BCUT2D eigenvalue weighted by Crippen LogP contribution is 2.33. The van der Waals surface area contributed by atoms with E-state index < -0.39 is 17.0 Å². The number of fused-ring (bicyclic) bond motifs is 1. The number of rotatable bonds is 5. The molecule has 0 bridgehead atoms. The van der Waals surface area contributed by atoms with Gasteiger partial charge in [-0.15, -0.1) is 0 Å². The van der Waals surface area contributed by atoms with E-state index in [-0.39, 0.29) is 22.7 Å². The van der Waals surface area contributed by atoms with Gasteiger partial charge < -0.3 is 15.6 Å². The summed E-state index contributed by atoms with van der Waals surface area (Å²) in [6, 6.07) is 1.40. The lowest BCUT2D eigenvalue weighted by Gasteiger charge is -2.36. The lowest BCUT2D eigenvalue weighted by molar-refractivity contribution is -0.128. The maximum absolute atomic E-state index is 13.0. The van der Waals surface area contributed by atoms with E-state index in [1.807, 2.05) is 20.8 Å². The summed E-state index contributed by atoms with van der Waals surface area (Å²) in [5, 5.41) is 5.74. The van der Waals surface area contributed by atoms with Crippen molar-refractivity contribution in [3.63, 3.8) is 0 Å². The molecule has 1 heterocycles. The number of hydrogen-bond donors (Lipinski definition) is 3. The predicted molar refractivity (Wildman–Crippen MR) is 110 cm³/mol. The van der Waals surface area contributed by atoms with Gasteiger partial charge in [0.25, 0.3) is 11.5 Å². The Balaban J connectivity index is 1.89. The molecule has 3 rings (SSSR count). The number of nitrogens with one attached hydrogen (secondary N) is 3. The fourth-order valence-corrected chi connectivity index (χ4v) is 4.45. The smallest absolute Gasteiger partial charge is 0.261 e. The number of pyridine rings is 1. The van der Waals surface area contributed by atoms with E-state index >= 15 is 0 Å². The van der Waals surface area contributed by atoms with Crippen molar-refractivity contribution < 1.29 is 14.4 Å². The second-order valence-electron chi connectivity index (χ2n) is 9.20. The van der Waals surface area contributed by atoms with Gasteiger partial charge in [-0.25, -0.2) is 0 Å². The number of ketones is 1. The monoisotopic (exact) mass is 401 g/mol. The van der Waals surface area contributed by atoms with Crippen molar-refractivity contribution in [2.75, 3.05) is 6.54 Å². The second kappa shape index (κ2) is 8.13. The van der Waals surface area contributed by atoms with Crippen LogP contribution in [-0.4, -0.2) is 34.7 Å². The van der Waals surface area contributed by atoms with Gasteiger partial charge in [0.2, 0.25) is 5.91 Å². The first kappa shape index (κ1) is 21.3. The number of Topliss-reactive ketones (excluding diaryl/α,β-unsaturated/α-hetero) is 1. The molecule has 0 atom stereocenters. The summed E-state index contributed by atoms with van der Waals surface area (Å²) < 4.78 is 0. The van der Waals surface area contributed by atoms with Gasteiger partial charge in [-0.05, 0) is 37.2 Å². The van der Waals surface area contributed by atoms with Crippen molar-refractivity contribution in [1.82, 2.24) is 15.6 Å². The average molecular weight is 402 g/mol. The zero-order chi connectivity index (χ0) is 21.2. The normalized spacial score (nSPS) is 19.9. The zero-order valence-electron chi connectivity index (χ0n) is 17.6. The Kier molecular flexibility index (Phi) is 5.96. The average Bonchev–Trinajstić information content (AvgIpc) is 2.65. The van der Waals surface area contributed by atoms with Gasteiger partial charge in [0.15, 0.2) is 5.78 Å². The fraction of sp³-hybridized carbons (Fsp3) is 0.636. The highest BCUT2D eigenvalue weighted by Gasteiger charge is 2.41. The van der Waals surface area contributed by atoms with Crippen molar-refractivity contribution in [1.29, 1.82) is 0 Å². The summed E-state index contributed by atoms with van der Waals surface area (Å²) in [5.41, 5.74) is -0.862. The quantitative estimate of drug-likeness (QED) is 0.704. The second-order valence-corrected chi connectivity index (χ2v) is 9.20. The first-order valence-electron chi connectivity index (χ1n) is 10.6. The molecule has 2 aliphatic rings. The Labute approximate surface area is 171 Å². The molecule has 0 radical (unpaired) electrons. The Morgan fingerprint density at radius 1 is 1.10 bits per heavy atom. The predicted octanol–water partition coefficient (Wildman–Crippen LogP) is 2.49. The number of H-pyrrole nitrogens is 1. The van der Waals surface area contributed by atoms with Crippen LogP contribution < -0.4 is 16.2 Å². The maximum Gasteiger partial charge on any atom is 0.261 e. The third-order valence-electron chi connectivity index (χ3n) is 5.99. The van der Waals surface area contributed by atoms with E-state index in [2.05, 4.69) is 15.6 Å². The van der Waals surface area contributed by atoms with Crippen LogP contribution in [0.5, 0.6) is 0 Å². The highest BCUT2D eigenvalue weighted by atomic mass is 16.2. The molecule has 0 aromatic carbocycles. The number of carbonyl (C=O) groups is 3. The minimum atomic E-state index is -1.00. The third-order valence-corrected chi connectivity index (χ3v) is 5.99. The van der Waals surface area contributed by atoms with Crippen molar-refractivity contribution in [2.45, 2.75) is 77.7 Å². The topological polar surface area (TPSA) is 108 Å². The number of carbonyl (C=O) groups excluding carboxylic acids is 3. The minimum absolute atomic E-state index is 0.0744. The lowest BCUT2D eigenvalue weighted by Crippen LogP contribution is -2.60. The zero-order valence-corrected chi connectivity index (χ0v) is 17.6. The van der Waals surface area contributed by atoms with E-state index in [1.165, 1.54) is 6.07 Å². The maximum atomic E-state index is 13.0. The summed E-state index contributed by atoms with van der Waals surface area (Å²) in [7, 11) is 0. The standard InChI is InChI=1S/C22H31N3O4/c1-4-10-23-20(29)22(8-6-5-7-9-22)25-19(28)15-11-14-16(24-18(15)27)12-21(2,3)13-17(14)26/h11H,4-10,12-13H2,1-3H3,(H,23,29)(H,24,27)(H,25,28). The van der Waals surface area contributed by atoms with Crippen molar-refractivity contribution >= 4 is 17.6 Å². The highest BCUT2D eigenvalue weighted by molar-refractivity contribution is 6.03. The van der Waals surface area contributed by atoms with Gasteiger partial charge in [-0.2, -0.15) is 0 Å². The van der Waals surface area contributed by atoms with Crippen molar-refractivity contribution in [3.05, 3.63) is 33.2 Å². The molecule has 7 heteroatoms. The van der Waals surface area contributed by atoms with Crippen LogP contribution in [0.3, 0.4) is 0 Å². The van der Waals surface area contributed by atoms with Crippen molar-refractivity contribution in [2.24, 2.45) is 5.41 Å². The van der Waals surface area contributed by atoms with Crippen LogP contribution >= 0.6 is 0 Å². The van der Waals surface area contributed by atoms with Crippen LogP contribution in [0.15, 0.2) is 10.9 Å². The summed E-state index contributed by atoms with van der Waals surface area (Å²) in [4.78, 5) is 53.7. The molecular formula is C22H31N3O4. The minimum Gasteiger partial charge on any atom is -0.354 e. The summed E-state index contributed by atoms with van der Waals surface area (Å²) in [5.74, 6) is -0.866. The molecule has 2 aliphatic carbocycles. The number of amides is 2. The van der Waals surface area contributed by atoms with Gasteiger partial charge in [0.1, 0.15) is 11.1 Å². The first-order valence-corrected chi connectivity index (χ1v) is 10.6. The Bertz CT molecular complexity index is 879. The molecule has 0 aliphatic heterocycles. The summed E-state index contributed by atoms with van der Waals surface area (Å²) >= 11 is 0. The molecule has 0 spiro atoms. The van der Waals surface area contributed by atoms with Crippen LogP contribution in [0.4, 0.5) is 0 Å². The molecule has 29 heavy (non-hydrogen) atoms. The van der Waals surface area contributed by atoms with Gasteiger partial charge in [0.05, 0.1) is 0 Å². The molecule has 158 valence electrons. The van der Waals surface area contributed by atoms with Crippen LogP contribution in [0.25, 0.3) is 0 Å². The van der Waals surface area contributed by atoms with Crippen LogP contribution in [0, 0.1) is 5.41 Å². The third kappa shape index (κ3) is 4.43. The molecule has 1 fully saturated rings.